The molecule has 0 aliphatic rings. The Labute approximate surface area is 77.7 Å². The third-order valence-electron chi connectivity index (χ3n) is 1.33. The number of hydrogen-bond acceptors (Lipinski definition) is 2. The van der Waals surface area contributed by atoms with Crippen LogP contribution in [0, 0.1) is 0 Å². The van der Waals surface area contributed by atoms with Crippen LogP contribution >= 0.6 is 11.6 Å². The Balaban J connectivity index is 2.32. The Morgan fingerprint density at radius 2 is 2.15 bits per heavy atom. The van der Waals surface area contributed by atoms with Crippen molar-refractivity contribution in [2.24, 2.45) is 0 Å². The van der Waals surface area contributed by atoms with Gasteiger partial charge in [0.25, 0.3) is 0 Å². The number of halogens is 4. The predicted molar refractivity (Wildman–Crippen MR) is 41.5 cm³/mol. The van der Waals surface area contributed by atoms with Crippen LogP contribution in [0.5, 0.6) is 0 Å². The molecule has 0 saturated heterocycles. The number of alkyl halides is 3. The lowest BCUT2D eigenvalue weighted by atomic mass is 10.3. The highest BCUT2D eigenvalue weighted by atomic mass is 35.5. The van der Waals surface area contributed by atoms with Crippen LogP contribution in [0.25, 0.3) is 0 Å². The van der Waals surface area contributed by atoms with E-state index in [2.05, 4.69) is 5.32 Å². The molecule has 1 heterocycles. The molecule has 0 aliphatic heterocycles. The monoisotopic (exact) mass is 213 g/mol. The molecule has 1 aromatic heterocycles. The van der Waals surface area contributed by atoms with Crippen LogP contribution in [0.1, 0.15) is 5.56 Å². The Morgan fingerprint density at radius 1 is 1.46 bits per heavy atom. The Bertz CT molecular complexity index is 271. The average Bonchev–Trinajstić information content (AvgIpc) is 2.34. The first kappa shape index (κ1) is 10.4. The Kier molecular flexibility index (Phi) is 3.22. The largest absolute Gasteiger partial charge is 0.453 e. The average molecular weight is 214 g/mol. The maximum atomic E-state index is 11.7. The summed E-state index contributed by atoms with van der Waals surface area (Å²) in [5.41, 5.74) is 0.519. The fourth-order valence-corrected chi connectivity index (χ4v) is 0.966. The van der Waals surface area contributed by atoms with E-state index >= 15 is 0 Å². The summed E-state index contributed by atoms with van der Waals surface area (Å²) >= 11 is 5.50. The van der Waals surface area contributed by atoms with Crippen molar-refractivity contribution in [3.05, 3.63) is 23.1 Å². The number of furan rings is 1. The van der Waals surface area contributed by atoms with Crippen LogP contribution in [-0.4, -0.2) is 12.7 Å². The summed E-state index contributed by atoms with van der Waals surface area (Å²) in [6.07, 6.45) is -2.87. The smallest absolute Gasteiger partial charge is 0.401 e. The van der Waals surface area contributed by atoms with Gasteiger partial charge in [-0.05, 0) is 17.7 Å². The zero-order chi connectivity index (χ0) is 9.90. The van der Waals surface area contributed by atoms with E-state index in [0.717, 1.165) is 0 Å². The molecule has 0 saturated carbocycles. The zero-order valence-electron chi connectivity index (χ0n) is 6.49. The van der Waals surface area contributed by atoms with E-state index in [1.807, 2.05) is 0 Å². The third-order valence-corrected chi connectivity index (χ3v) is 1.67. The molecular weight excluding hydrogens is 207 g/mol. The van der Waals surface area contributed by atoms with Gasteiger partial charge in [0.1, 0.15) is 0 Å². The second kappa shape index (κ2) is 4.02. The highest BCUT2D eigenvalue weighted by Crippen LogP contribution is 2.17. The van der Waals surface area contributed by atoms with Gasteiger partial charge in [-0.2, -0.15) is 13.2 Å². The van der Waals surface area contributed by atoms with Crippen LogP contribution in [0.3, 0.4) is 0 Å². The molecule has 13 heavy (non-hydrogen) atoms. The third kappa shape index (κ3) is 3.69. The quantitative estimate of drug-likeness (QED) is 0.835. The van der Waals surface area contributed by atoms with Gasteiger partial charge >= 0.3 is 6.18 Å². The fraction of sp³-hybridized carbons (Fsp3) is 0.429. The van der Waals surface area contributed by atoms with E-state index in [1.54, 1.807) is 0 Å². The van der Waals surface area contributed by atoms with Crippen molar-refractivity contribution in [1.29, 1.82) is 0 Å². The maximum absolute atomic E-state index is 11.7. The summed E-state index contributed by atoms with van der Waals surface area (Å²) in [4.78, 5) is 0. The van der Waals surface area contributed by atoms with Crippen molar-refractivity contribution in [1.82, 2.24) is 5.32 Å². The molecule has 0 fully saturated rings. The summed E-state index contributed by atoms with van der Waals surface area (Å²) < 4.78 is 39.7. The normalized spacial score (nSPS) is 12.0. The van der Waals surface area contributed by atoms with Gasteiger partial charge in [0.15, 0.2) is 5.22 Å². The molecule has 2 nitrogen and oxygen atoms in total. The summed E-state index contributed by atoms with van der Waals surface area (Å²) in [6.45, 7) is -0.983. The topological polar surface area (TPSA) is 25.2 Å². The summed E-state index contributed by atoms with van der Waals surface area (Å²) in [5.74, 6) is 0. The van der Waals surface area contributed by atoms with Gasteiger partial charge < -0.3 is 9.73 Å². The Hall–Kier alpha value is -0.680. The van der Waals surface area contributed by atoms with Crippen LogP contribution in [-0.2, 0) is 6.54 Å². The van der Waals surface area contributed by atoms with Crippen LogP contribution in [0.4, 0.5) is 13.2 Å². The summed E-state index contributed by atoms with van der Waals surface area (Å²) in [7, 11) is 0. The van der Waals surface area contributed by atoms with E-state index in [9.17, 15) is 13.2 Å². The molecule has 0 aliphatic carbocycles. The second-order valence-corrected chi connectivity index (χ2v) is 2.78. The lowest BCUT2D eigenvalue weighted by molar-refractivity contribution is -0.125. The molecule has 1 rings (SSSR count). The SMILES string of the molecule is FC(F)(F)CNCc1ccoc1Cl. The van der Waals surface area contributed by atoms with E-state index in [0.29, 0.717) is 5.56 Å². The van der Waals surface area contributed by atoms with E-state index < -0.39 is 12.7 Å². The first-order valence-corrected chi connectivity index (χ1v) is 3.86. The lowest BCUT2D eigenvalue weighted by Gasteiger charge is -2.06. The lowest BCUT2D eigenvalue weighted by Crippen LogP contribution is -2.28. The molecule has 0 aromatic carbocycles. The van der Waals surface area contributed by atoms with Gasteiger partial charge in [0.2, 0.25) is 0 Å². The van der Waals surface area contributed by atoms with Crippen molar-refractivity contribution in [2.45, 2.75) is 12.7 Å². The van der Waals surface area contributed by atoms with Gasteiger partial charge in [0, 0.05) is 12.1 Å². The van der Waals surface area contributed by atoms with E-state index in [4.69, 9.17) is 16.0 Å². The van der Waals surface area contributed by atoms with Gasteiger partial charge in [-0.15, -0.1) is 0 Å². The van der Waals surface area contributed by atoms with Gasteiger partial charge in [0.05, 0.1) is 12.8 Å². The number of hydrogen-bond donors (Lipinski definition) is 1. The van der Waals surface area contributed by atoms with Crippen LogP contribution < -0.4 is 5.32 Å². The molecule has 0 spiro atoms. The molecule has 0 amide bonds. The van der Waals surface area contributed by atoms with Gasteiger partial charge in [-0.3, -0.25) is 0 Å². The van der Waals surface area contributed by atoms with E-state index in [-0.39, 0.29) is 11.8 Å². The van der Waals surface area contributed by atoms with Crippen molar-refractivity contribution < 1.29 is 17.6 Å². The standard InChI is InChI=1S/C7H7ClF3NO/c8-6-5(1-2-13-6)3-12-4-7(9,10)11/h1-2,12H,3-4H2. The minimum Gasteiger partial charge on any atom is -0.453 e. The second-order valence-electron chi connectivity index (χ2n) is 2.44. The molecule has 1 N–H and O–H groups in total. The molecule has 74 valence electrons. The van der Waals surface area contributed by atoms with Crippen molar-refractivity contribution in [3.63, 3.8) is 0 Å². The number of nitrogens with one attached hydrogen (secondary N) is 1. The molecule has 6 heteroatoms. The molecule has 0 radical (unpaired) electrons. The first-order valence-electron chi connectivity index (χ1n) is 3.48. The van der Waals surface area contributed by atoms with Crippen molar-refractivity contribution in [2.75, 3.05) is 6.54 Å². The maximum Gasteiger partial charge on any atom is 0.401 e. The van der Waals surface area contributed by atoms with E-state index in [1.165, 1.54) is 12.3 Å². The summed E-state index contributed by atoms with van der Waals surface area (Å²) in [6, 6.07) is 1.52. The highest BCUT2D eigenvalue weighted by molar-refractivity contribution is 6.29. The molecule has 1 aromatic rings. The van der Waals surface area contributed by atoms with Gasteiger partial charge in [-0.1, -0.05) is 0 Å². The number of rotatable bonds is 3. The predicted octanol–water partition coefficient (Wildman–Crippen LogP) is 2.58. The summed E-state index contributed by atoms with van der Waals surface area (Å²) in [5, 5.41) is 2.32. The van der Waals surface area contributed by atoms with Crippen LogP contribution in [0.15, 0.2) is 16.7 Å². The van der Waals surface area contributed by atoms with Crippen LogP contribution in [0.2, 0.25) is 5.22 Å². The molecule has 0 atom stereocenters. The molecular formula is C7H7ClF3NO. The minimum absolute atomic E-state index is 0.0504. The molecule has 0 unspecified atom stereocenters. The highest BCUT2D eigenvalue weighted by Gasteiger charge is 2.26. The Morgan fingerprint density at radius 3 is 2.62 bits per heavy atom. The van der Waals surface area contributed by atoms with Gasteiger partial charge in [-0.25, -0.2) is 0 Å². The fourth-order valence-electron chi connectivity index (χ4n) is 0.784. The zero-order valence-corrected chi connectivity index (χ0v) is 7.24. The van der Waals surface area contributed by atoms with Crippen molar-refractivity contribution >= 4 is 11.6 Å². The minimum atomic E-state index is -4.20. The molecule has 0 bridgehead atoms. The van der Waals surface area contributed by atoms with Crippen molar-refractivity contribution in [3.8, 4) is 0 Å². The first-order chi connectivity index (χ1) is 5.99.